The van der Waals surface area contributed by atoms with Crippen LogP contribution in [0.15, 0.2) is 0 Å². The van der Waals surface area contributed by atoms with Gasteiger partial charge in [-0.05, 0) is 0 Å². The first-order valence-corrected chi connectivity index (χ1v) is 5.17. The SMILES string of the molecule is COC(CN)CC(=O)NCC1(C)COC1. The van der Waals surface area contributed by atoms with Crippen LogP contribution in [0.1, 0.15) is 13.3 Å². The van der Waals surface area contributed by atoms with Crippen molar-refractivity contribution in [3.63, 3.8) is 0 Å². The molecule has 0 saturated carbocycles. The number of ether oxygens (including phenoxy) is 2. The molecule has 5 heteroatoms. The van der Waals surface area contributed by atoms with Crippen molar-refractivity contribution in [3.05, 3.63) is 0 Å². The fourth-order valence-electron chi connectivity index (χ4n) is 1.41. The Morgan fingerprint density at radius 2 is 2.33 bits per heavy atom. The molecule has 0 bridgehead atoms. The Balaban J connectivity index is 2.18. The Labute approximate surface area is 90.3 Å². The average Bonchev–Trinajstić information content (AvgIpc) is 2.20. The molecule has 1 unspecified atom stereocenters. The topological polar surface area (TPSA) is 73.6 Å². The fraction of sp³-hybridized carbons (Fsp3) is 0.900. The highest BCUT2D eigenvalue weighted by Gasteiger charge is 2.33. The Morgan fingerprint density at radius 1 is 1.67 bits per heavy atom. The first-order valence-electron chi connectivity index (χ1n) is 5.17. The van der Waals surface area contributed by atoms with Crippen LogP contribution >= 0.6 is 0 Å². The molecule has 1 aliphatic heterocycles. The van der Waals surface area contributed by atoms with Gasteiger partial charge in [-0.25, -0.2) is 0 Å². The highest BCUT2D eigenvalue weighted by Crippen LogP contribution is 2.24. The average molecular weight is 216 g/mol. The van der Waals surface area contributed by atoms with Gasteiger partial charge in [-0.3, -0.25) is 4.79 Å². The Kier molecular flexibility index (Phi) is 4.50. The lowest BCUT2D eigenvalue weighted by Gasteiger charge is -2.38. The summed E-state index contributed by atoms with van der Waals surface area (Å²) in [5.41, 5.74) is 5.54. The molecule has 0 spiro atoms. The van der Waals surface area contributed by atoms with Crippen molar-refractivity contribution >= 4 is 5.91 Å². The van der Waals surface area contributed by atoms with E-state index in [4.69, 9.17) is 15.2 Å². The molecule has 1 rings (SSSR count). The van der Waals surface area contributed by atoms with Crippen molar-refractivity contribution in [1.82, 2.24) is 5.32 Å². The molecule has 88 valence electrons. The molecule has 0 aromatic heterocycles. The van der Waals surface area contributed by atoms with E-state index < -0.39 is 0 Å². The monoisotopic (exact) mass is 216 g/mol. The molecule has 1 saturated heterocycles. The van der Waals surface area contributed by atoms with E-state index >= 15 is 0 Å². The van der Waals surface area contributed by atoms with Gasteiger partial charge >= 0.3 is 0 Å². The number of amides is 1. The van der Waals surface area contributed by atoms with Crippen molar-refractivity contribution in [2.24, 2.45) is 11.1 Å². The number of carbonyl (C=O) groups is 1. The second kappa shape index (κ2) is 5.44. The molecule has 5 nitrogen and oxygen atoms in total. The van der Waals surface area contributed by atoms with Gasteiger partial charge in [-0.1, -0.05) is 6.92 Å². The Hall–Kier alpha value is -0.650. The second-order valence-corrected chi connectivity index (χ2v) is 4.38. The molecule has 0 aliphatic carbocycles. The molecule has 1 aliphatic rings. The van der Waals surface area contributed by atoms with Gasteiger partial charge < -0.3 is 20.5 Å². The summed E-state index contributed by atoms with van der Waals surface area (Å²) in [4.78, 5) is 11.5. The number of nitrogens with one attached hydrogen (secondary N) is 1. The van der Waals surface area contributed by atoms with E-state index in [1.54, 1.807) is 7.11 Å². The molecule has 1 fully saturated rings. The van der Waals surface area contributed by atoms with Crippen LogP contribution < -0.4 is 11.1 Å². The molecule has 0 aromatic carbocycles. The summed E-state index contributed by atoms with van der Waals surface area (Å²) in [6.45, 7) is 4.56. The summed E-state index contributed by atoms with van der Waals surface area (Å²) in [6.07, 6.45) is 0.139. The lowest BCUT2D eigenvalue weighted by atomic mass is 9.89. The number of rotatable bonds is 6. The Morgan fingerprint density at radius 3 is 2.73 bits per heavy atom. The van der Waals surface area contributed by atoms with E-state index in [-0.39, 0.29) is 17.4 Å². The molecule has 0 radical (unpaired) electrons. The number of nitrogens with two attached hydrogens (primary N) is 1. The summed E-state index contributed by atoms with van der Waals surface area (Å²) >= 11 is 0. The zero-order valence-electron chi connectivity index (χ0n) is 9.41. The minimum Gasteiger partial charge on any atom is -0.380 e. The maximum Gasteiger partial charge on any atom is 0.222 e. The maximum absolute atomic E-state index is 11.5. The van der Waals surface area contributed by atoms with Crippen LogP contribution in [0, 0.1) is 5.41 Å². The van der Waals surface area contributed by atoms with Crippen molar-refractivity contribution in [1.29, 1.82) is 0 Å². The predicted octanol–water partition coefficient (Wildman–Crippen LogP) is -0.497. The van der Waals surface area contributed by atoms with Gasteiger partial charge in [-0.15, -0.1) is 0 Å². The van der Waals surface area contributed by atoms with Crippen LogP contribution in [0.25, 0.3) is 0 Å². The highest BCUT2D eigenvalue weighted by molar-refractivity contribution is 5.76. The predicted molar refractivity (Wildman–Crippen MR) is 56.4 cm³/mol. The number of carbonyl (C=O) groups excluding carboxylic acids is 1. The van der Waals surface area contributed by atoms with Gasteiger partial charge in [0.2, 0.25) is 5.91 Å². The van der Waals surface area contributed by atoms with Crippen LogP contribution in [-0.4, -0.2) is 45.4 Å². The molecule has 1 amide bonds. The standard InChI is InChI=1S/C10H20N2O3/c1-10(6-15-7-10)5-12-9(13)3-8(4-11)14-2/h8H,3-7,11H2,1-2H3,(H,12,13). The molecular formula is C10H20N2O3. The molecule has 3 N–H and O–H groups in total. The second-order valence-electron chi connectivity index (χ2n) is 4.38. The summed E-state index contributed by atoms with van der Waals surface area (Å²) in [7, 11) is 1.56. The zero-order valence-corrected chi connectivity index (χ0v) is 9.41. The van der Waals surface area contributed by atoms with Crippen molar-refractivity contribution in [2.75, 3.05) is 33.4 Å². The van der Waals surface area contributed by atoms with Crippen molar-refractivity contribution < 1.29 is 14.3 Å². The van der Waals surface area contributed by atoms with Gasteiger partial charge in [-0.2, -0.15) is 0 Å². The largest absolute Gasteiger partial charge is 0.380 e. The normalized spacial score (nSPS) is 20.5. The van der Waals surface area contributed by atoms with Crippen molar-refractivity contribution in [2.45, 2.75) is 19.4 Å². The third-order valence-electron chi connectivity index (χ3n) is 2.62. The van der Waals surface area contributed by atoms with E-state index in [1.807, 2.05) is 0 Å². The maximum atomic E-state index is 11.5. The number of hydrogen-bond donors (Lipinski definition) is 2. The third kappa shape index (κ3) is 3.77. The lowest BCUT2D eigenvalue weighted by Crippen LogP contribution is -2.49. The summed E-state index contributed by atoms with van der Waals surface area (Å²) in [5.74, 6) is -0.0135. The molecule has 15 heavy (non-hydrogen) atoms. The fourth-order valence-corrected chi connectivity index (χ4v) is 1.41. The van der Waals surface area contributed by atoms with Gasteiger partial charge in [0.1, 0.15) is 0 Å². The third-order valence-corrected chi connectivity index (χ3v) is 2.62. The van der Waals surface area contributed by atoms with Gasteiger partial charge in [0.05, 0.1) is 25.7 Å². The molecule has 1 heterocycles. The van der Waals surface area contributed by atoms with E-state index in [0.717, 1.165) is 13.2 Å². The molecule has 0 aromatic rings. The van der Waals surface area contributed by atoms with E-state index in [1.165, 1.54) is 0 Å². The van der Waals surface area contributed by atoms with Crippen LogP contribution in [0.3, 0.4) is 0 Å². The minimum absolute atomic E-state index is 0.0135. The van der Waals surface area contributed by atoms with Crippen LogP contribution in [0.2, 0.25) is 0 Å². The smallest absolute Gasteiger partial charge is 0.222 e. The number of methoxy groups -OCH3 is 1. The Bertz CT molecular complexity index is 213. The molecule has 1 atom stereocenters. The zero-order chi connectivity index (χ0) is 11.3. The van der Waals surface area contributed by atoms with Gasteiger partial charge in [0, 0.05) is 25.6 Å². The minimum atomic E-state index is -0.185. The number of hydrogen-bond acceptors (Lipinski definition) is 4. The first-order chi connectivity index (χ1) is 7.09. The van der Waals surface area contributed by atoms with Crippen LogP contribution in [0.5, 0.6) is 0 Å². The highest BCUT2D eigenvalue weighted by atomic mass is 16.5. The van der Waals surface area contributed by atoms with E-state index in [2.05, 4.69) is 12.2 Å². The van der Waals surface area contributed by atoms with Crippen LogP contribution in [0.4, 0.5) is 0 Å². The van der Waals surface area contributed by atoms with Gasteiger partial charge in [0.15, 0.2) is 0 Å². The summed E-state index contributed by atoms with van der Waals surface area (Å²) in [5, 5.41) is 2.87. The van der Waals surface area contributed by atoms with E-state index in [9.17, 15) is 4.79 Å². The summed E-state index contributed by atoms with van der Waals surface area (Å²) in [6, 6.07) is 0. The summed E-state index contributed by atoms with van der Waals surface area (Å²) < 4.78 is 10.1. The van der Waals surface area contributed by atoms with Crippen LogP contribution in [-0.2, 0) is 14.3 Å². The van der Waals surface area contributed by atoms with Gasteiger partial charge in [0.25, 0.3) is 0 Å². The first kappa shape index (κ1) is 12.4. The van der Waals surface area contributed by atoms with Crippen molar-refractivity contribution in [3.8, 4) is 0 Å². The van der Waals surface area contributed by atoms with E-state index in [0.29, 0.717) is 19.5 Å². The lowest BCUT2D eigenvalue weighted by molar-refractivity contribution is -0.128. The quantitative estimate of drug-likeness (QED) is 0.628. The molecular weight excluding hydrogens is 196 g/mol.